The van der Waals surface area contributed by atoms with Crippen molar-refractivity contribution in [3.63, 3.8) is 0 Å². The van der Waals surface area contributed by atoms with E-state index in [0.717, 1.165) is 12.3 Å². The lowest BCUT2D eigenvalue weighted by molar-refractivity contribution is 0.126. The van der Waals surface area contributed by atoms with Crippen LogP contribution >= 0.6 is 0 Å². The number of hydrogen-bond donors (Lipinski definition) is 1. The minimum absolute atomic E-state index is 0.109. The van der Waals surface area contributed by atoms with E-state index in [-0.39, 0.29) is 18.5 Å². The van der Waals surface area contributed by atoms with Crippen LogP contribution < -0.4 is 4.90 Å². The molecule has 1 aliphatic heterocycles. The van der Waals surface area contributed by atoms with Crippen molar-refractivity contribution in [2.24, 2.45) is 0 Å². The number of pyridine rings is 1. The molecule has 1 aliphatic rings. The number of nitrogens with zero attached hydrogens (tertiary/aromatic N) is 3. The molecule has 1 atom stereocenters. The predicted molar refractivity (Wildman–Crippen MR) is 81.0 cm³/mol. The van der Waals surface area contributed by atoms with E-state index in [9.17, 15) is 9.50 Å². The maximum absolute atomic E-state index is 13.9. The van der Waals surface area contributed by atoms with Crippen LogP contribution in [0, 0.1) is 5.82 Å². The Bertz CT molecular complexity index is 591. The van der Waals surface area contributed by atoms with Crippen LogP contribution in [0.4, 0.5) is 10.2 Å². The molecule has 1 N–H and O–H groups in total. The van der Waals surface area contributed by atoms with E-state index in [2.05, 4.69) is 9.88 Å². The SMILES string of the molecule is OCCC1CN(c2ncccc2F)CCN1Cc1ccco1. The van der Waals surface area contributed by atoms with Gasteiger partial charge in [0.05, 0.1) is 12.8 Å². The van der Waals surface area contributed by atoms with Gasteiger partial charge in [0.25, 0.3) is 0 Å². The monoisotopic (exact) mass is 305 g/mol. The molecule has 118 valence electrons. The first-order chi connectivity index (χ1) is 10.8. The van der Waals surface area contributed by atoms with Gasteiger partial charge < -0.3 is 14.4 Å². The molecule has 0 aromatic carbocycles. The fourth-order valence-electron chi connectivity index (χ4n) is 2.93. The van der Waals surface area contributed by atoms with Crippen LogP contribution in [0.1, 0.15) is 12.2 Å². The maximum atomic E-state index is 13.9. The van der Waals surface area contributed by atoms with Gasteiger partial charge in [0.2, 0.25) is 0 Å². The molecule has 0 spiro atoms. The van der Waals surface area contributed by atoms with Crippen LogP contribution in [0.15, 0.2) is 41.1 Å². The second-order valence-corrected chi connectivity index (χ2v) is 5.47. The maximum Gasteiger partial charge on any atom is 0.165 e. The van der Waals surface area contributed by atoms with Crippen molar-refractivity contribution in [3.05, 3.63) is 48.3 Å². The number of hydrogen-bond acceptors (Lipinski definition) is 5. The second kappa shape index (κ2) is 6.89. The van der Waals surface area contributed by atoms with E-state index >= 15 is 0 Å². The number of anilines is 1. The highest BCUT2D eigenvalue weighted by atomic mass is 19.1. The molecule has 1 unspecified atom stereocenters. The topological polar surface area (TPSA) is 52.7 Å². The third-order valence-corrected chi connectivity index (χ3v) is 4.04. The van der Waals surface area contributed by atoms with Crippen LogP contribution in [0.25, 0.3) is 0 Å². The zero-order chi connectivity index (χ0) is 15.4. The number of piperazine rings is 1. The average Bonchev–Trinajstić information content (AvgIpc) is 3.03. The highest BCUT2D eigenvalue weighted by molar-refractivity contribution is 5.40. The van der Waals surface area contributed by atoms with Crippen LogP contribution in [-0.4, -0.2) is 47.3 Å². The zero-order valence-corrected chi connectivity index (χ0v) is 12.4. The van der Waals surface area contributed by atoms with Gasteiger partial charge in [0.15, 0.2) is 11.6 Å². The van der Waals surface area contributed by atoms with Gasteiger partial charge in [-0.1, -0.05) is 0 Å². The Balaban J connectivity index is 1.71. The highest BCUT2D eigenvalue weighted by Crippen LogP contribution is 2.22. The fourth-order valence-corrected chi connectivity index (χ4v) is 2.93. The standard InChI is InChI=1S/C16H20FN3O2/c17-15-4-1-6-18-16(15)20-8-7-19(13(11-20)5-9-21)12-14-3-2-10-22-14/h1-4,6,10,13,21H,5,7-9,11-12H2. The van der Waals surface area contributed by atoms with E-state index in [0.29, 0.717) is 31.9 Å². The summed E-state index contributed by atoms with van der Waals surface area (Å²) in [5.41, 5.74) is 0. The Kier molecular flexibility index (Phi) is 4.70. The van der Waals surface area contributed by atoms with Crippen LogP contribution in [0.5, 0.6) is 0 Å². The van der Waals surface area contributed by atoms with Crippen LogP contribution in [0.3, 0.4) is 0 Å². The average molecular weight is 305 g/mol. The third-order valence-electron chi connectivity index (χ3n) is 4.04. The lowest BCUT2D eigenvalue weighted by Crippen LogP contribution is -2.53. The molecule has 3 heterocycles. The van der Waals surface area contributed by atoms with E-state index < -0.39 is 0 Å². The molecule has 0 radical (unpaired) electrons. The molecule has 2 aromatic rings. The summed E-state index contributed by atoms with van der Waals surface area (Å²) in [5.74, 6) is 0.994. The Morgan fingerprint density at radius 2 is 2.23 bits per heavy atom. The number of aliphatic hydroxyl groups excluding tert-OH is 1. The van der Waals surface area contributed by atoms with Crippen molar-refractivity contribution >= 4 is 5.82 Å². The molecule has 0 bridgehead atoms. The van der Waals surface area contributed by atoms with Gasteiger partial charge in [-0.3, -0.25) is 4.90 Å². The summed E-state index contributed by atoms with van der Waals surface area (Å²) in [6.07, 6.45) is 3.91. The number of halogens is 1. The molecule has 5 nitrogen and oxygen atoms in total. The molecule has 1 fully saturated rings. The van der Waals surface area contributed by atoms with Gasteiger partial charge in [0.1, 0.15) is 5.76 Å². The van der Waals surface area contributed by atoms with E-state index in [1.807, 2.05) is 17.0 Å². The molecule has 1 saturated heterocycles. The quantitative estimate of drug-likeness (QED) is 0.914. The summed E-state index contributed by atoms with van der Waals surface area (Å²) in [5, 5.41) is 9.32. The Hall–Kier alpha value is -1.92. The smallest absolute Gasteiger partial charge is 0.165 e. The molecule has 2 aromatic heterocycles. The predicted octanol–water partition coefficient (Wildman–Crippen LogP) is 1.89. The van der Waals surface area contributed by atoms with Gasteiger partial charge in [-0.2, -0.15) is 0 Å². The van der Waals surface area contributed by atoms with Gasteiger partial charge in [-0.05, 0) is 30.7 Å². The van der Waals surface area contributed by atoms with Crippen LogP contribution in [0.2, 0.25) is 0 Å². The van der Waals surface area contributed by atoms with Crippen molar-refractivity contribution in [2.45, 2.75) is 19.0 Å². The molecular formula is C16H20FN3O2. The zero-order valence-electron chi connectivity index (χ0n) is 12.4. The first-order valence-electron chi connectivity index (χ1n) is 7.50. The van der Waals surface area contributed by atoms with Crippen molar-refractivity contribution in [1.29, 1.82) is 0 Å². The van der Waals surface area contributed by atoms with Crippen molar-refractivity contribution < 1.29 is 13.9 Å². The van der Waals surface area contributed by atoms with Gasteiger partial charge >= 0.3 is 0 Å². The summed E-state index contributed by atoms with van der Waals surface area (Å²) in [6.45, 7) is 2.95. The van der Waals surface area contributed by atoms with Gasteiger partial charge in [-0.15, -0.1) is 0 Å². The fraction of sp³-hybridized carbons (Fsp3) is 0.438. The minimum atomic E-state index is -0.301. The first-order valence-corrected chi connectivity index (χ1v) is 7.50. The van der Waals surface area contributed by atoms with E-state index in [4.69, 9.17) is 4.42 Å². The summed E-state index contributed by atoms with van der Waals surface area (Å²) < 4.78 is 19.3. The van der Waals surface area contributed by atoms with Gasteiger partial charge in [-0.25, -0.2) is 9.37 Å². The normalized spacial score (nSPS) is 19.5. The number of aromatic nitrogens is 1. The van der Waals surface area contributed by atoms with E-state index in [1.165, 1.54) is 6.07 Å². The molecule has 0 amide bonds. The van der Waals surface area contributed by atoms with Crippen LogP contribution in [-0.2, 0) is 6.54 Å². The lowest BCUT2D eigenvalue weighted by atomic mass is 10.1. The third kappa shape index (κ3) is 3.28. The first kappa shape index (κ1) is 15.0. The molecule has 0 saturated carbocycles. The Morgan fingerprint density at radius 1 is 1.32 bits per heavy atom. The van der Waals surface area contributed by atoms with Gasteiger partial charge in [0, 0.05) is 38.5 Å². The Morgan fingerprint density at radius 3 is 2.95 bits per heavy atom. The largest absolute Gasteiger partial charge is 0.468 e. The molecule has 0 aliphatic carbocycles. The van der Waals surface area contributed by atoms with E-state index in [1.54, 1.807) is 18.5 Å². The highest BCUT2D eigenvalue weighted by Gasteiger charge is 2.28. The molecule has 6 heteroatoms. The number of rotatable bonds is 5. The minimum Gasteiger partial charge on any atom is -0.468 e. The molecular weight excluding hydrogens is 285 g/mol. The molecule has 22 heavy (non-hydrogen) atoms. The molecule has 3 rings (SSSR count). The van der Waals surface area contributed by atoms with Crippen molar-refractivity contribution in [1.82, 2.24) is 9.88 Å². The summed E-state index contributed by atoms with van der Waals surface area (Å²) in [7, 11) is 0. The summed E-state index contributed by atoms with van der Waals surface area (Å²) >= 11 is 0. The lowest BCUT2D eigenvalue weighted by Gasteiger charge is -2.41. The summed E-state index contributed by atoms with van der Waals surface area (Å²) in [4.78, 5) is 8.37. The summed E-state index contributed by atoms with van der Waals surface area (Å²) in [6, 6.07) is 6.98. The second-order valence-electron chi connectivity index (χ2n) is 5.47. The van der Waals surface area contributed by atoms with Crippen molar-refractivity contribution in [2.75, 3.05) is 31.1 Å². The van der Waals surface area contributed by atoms with Crippen molar-refractivity contribution in [3.8, 4) is 0 Å². The Labute approximate surface area is 129 Å². The number of aliphatic hydroxyl groups is 1. The number of furan rings is 1.